The van der Waals surface area contributed by atoms with Gasteiger partial charge in [-0.25, -0.2) is 14.4 Å². The van der Waals surface area contributed by atoms with Crippen molar-refractivity contribution in [3.05, 3.63) is 22.5 Å². The van der Waals surface area contributed by atoms with Gasteiger partial charge in [0, 0.05) is 44.3 Å². The van der Waals surface area contributed by atoms with Crippen LogP contribution in [0.4, 0.5) is 10.2 Å². The number of halogens is 1. The number of nitrogen functional groups attached to an aromatic ring is 1. The Bertz CT molecular complexity index is 1040. The van der Waals surface area contributed by atoms with Crippen LogP contribution in [-0.4, -0.2) is 59.7 Å². The van der Waals surface area contributed by atoms with E-state index >= 15 is 0 Å². The molecule has 1 aromatic heterocycles. The molecule has 1 aromatic rings. The highest BCUT2D eigenvalue weighted by Gasteiger charge is 2.40. The number of amides is 1. The highest BCUT2D eigenvalue weighted by molar-refractivity contribution is 5.78. The Labute approximate surface area is 181 Å². The summed E-state index contributed by atoms with van der Waals surface area (Å²) in [6, 6.07) is 0.319. The molecule has 3 N–H and O–H groups in total. The molecule has 8 heteroatoms. The fourth-order valence-corrected chi connectivity index (χ4v) is 5.61. The van der Waals surface area contributed by atoms with Gasteiger partial charge < -0.3 is 20.7 Å². The summed E-state index contributed by atoms with van der Waals surface area (Å²) in [5.41, 5.74) is 7.03. The van der Waals surface area contributed by atoms with E-state index in [1.165, 1.54) is 19.3 Å². The van der Waals surface area contributed by atoms with Crippen LogP contribution in [0.25, 0.3) is 17.5 Å². The molecule has 4 unspecified atom stereocenters. The van der Waals surface area contributed by atoms with E-state index in [2.05, 4.69) is 15.3 Å². The van der Waals surface area contributed by atoms with Crippen molar-refractivity contribution in [1.29, 1.82) is 0 Å². The minimum atomic E-state index is -0.355. The molecule has 4 atom stereocenters. The Morgan fingerprint density at radius 1 is 1.39 bits per heavy atom. The van der Waals surface area contributed by atoms with Gasteiger partial charge in [-0.1, -0.05) is 12.5 Å². The summed E-state index contributed by atoms with van der Waals surface area (Å²) in [6.07, 6.45) is 8.60. The van der Waals surface area contributed by atoms with E-state index < -0.39 is 0 Å². The van der Waals surface area contributed by atoms with Crippen molar-refractivity contribution in [3.63, 3.8) is 0 Å². The number of hydrogen-bond acceptors (Lipinski definition) is 6. The first-order valence-corrected chi connectivity index (χ1v) is 11.3. The number of aromatic nitrogens is 2. The molecule has 31 heavy (non-hydrogen) atoms. The number of carbonyl (C=O) groups is 1. The summed E-state index contributed by atoms with van der Waals surface area (Å²) in [5.74, 6) is 2.00. The lowest BCUT2D eigenvalue weighted by Crippen LogP contribution is -2.41. The van der Waals surface area contributed by atoms with E-state index in [-0.39, 0.29) is 35.4 Å². The van der Waals surface area contributed by atoms with Crippen LogP contribution in [0.3, 0.4) is 0 Å². The van der Waals surface area contributed by atoms with E-state index in [0.29, 0.717) is 48.9 Å². The van der Waals surface area contributed by atoms with Gasteiger partial charge in [0.05, 0.1) is 6.10 Å². The Morgan fingerprint density at radius 3 is 3.03 bits per heavy atom. The Kier molecular flexibility index (Phi) is 5.52. The lowest BCUT2D eigenvalue weighted by atomic mass is 9.92. The van der Waals surface area contributed by atoms with E-state index in [9.17, 15) is 9.18 Å². The molecule has 0 radical (unpaired) electrons. The second kappa shape index (κ2) is 8.31. The number of nitrogens with two attached hydrogens (primary N) is 1. The first kappa shape index (κ1) is 20.6. The fraction of sp³-hybridized carbons (Fsp3) is 0.609. The van der Waals surface area contributed by atoms with Gasteiger partial charge in [0.2, 0.25) is 5.91 Å². The second-order valence-corrected chi connectivity index (χ2v) is 9.14. The third kappa shape index (κ3) is 3.87. The monoisotopic (exact) mass is 427 g/mol. The fourth-order valence-electron chi connectivity index (χ4n) is 5.61. The predicted octanol–water partition coefficient (Wildman–Crippen LogP) is 0.730. The summed E-state index contributed by atoms with van der Waals surface area (Å²) in [7, 11) is 1.54. The van der Waals surface area contributed by atoms with Gasteiger partial charge in [0.15, 0.2) is 5.82 Å². The molecule has 1 saturated carbocycles. The van der Waals surface area contributed by atoms with Crippen LogP contribution in [0.2, 0.25) is 0 Å². The number of anilines is 1. The zero-order valence-electron chi connectivity index (χ0n) is 17.9. The zero-order valence-corrected chi connectivity index (χ0v) is 17.9. The number of hydrogen-bond donors (Lipinski definition) is 2. The van der Waals surface area contributed by atoms with Gasteiger partial charge in [-0.3, -0.25) is 4.79 Å². The maximum atomic E-state index is 14.6. The van der Waals surface area contributed by atoms with Crippen LogP contribution in [0, 0.1) is 11.8 Å². The SMILES string of the molecule is COC1C=c2c(N)nc(C3=CCN(C(=O)CC4NCC5CCCC54)CC3)nc2=C(F)C1. The van der Waals surface area contributed by atoms with E-state index in [4.69, 9.17) is 10.5 Å². The topological polar surface area (TPSA) is 93.4 Å². The molecule has 7 nitrogen and oxygen atoms in total. The lowest BCUT2D eigenvalue weighted by molar-refractivity contribution is -0.131. The van der Waals surface area contributed by atoms with Crippen LogP contribution in [0.5, 0.6) is 0 Å². The summed E-state index contributed by atoms with van der Waals surface area (Å²) in [5, 5.41) is 4.32. The number of carbonyl (C=O) groups excluding carboxylic acids is 1. The van der Waals surface area contributed by atoms with Gasteiger partial charge in [0.25, 0.3) is 0 Å². The van der Waals surface area contributed by atoms with Gasteiger partial charge in [-0.15, -0.1) is 0 Å². The molecular weight excluding hydrogens is 397 g/mol. The maximum absolute atomic E-state index is 14.6. The molecule has 0 aromatic carbocycles. The molecule has 1 saturated heterocycles. The zero-order chi connectivity index (χ0) is 21.5. The first-order valence-electron chi connectivity index (χ1n) is 11.3. The van der Waals surface area contributed by atoms with Gasteiger partial charge in [-0.2, -0.15) is 0 Å². The lowest BCUT2D eigenvalue weighted by Gasteiger charge is -2.28. The highest BCUT2D eigenvalue weighted by Crippen LogP contribution is 2.38. The van der Waals surface area contributed by atoms with E-state index in [1.54, 1.807) is 13.2 Å². The van der Waals surface area contributed by atoms with Crippen molar-refractivity contribution in [1.82, 2.24) is 20.2 Å². The van der Waals surface area contributed by atoms with Crippen molar-refractivity contribution in [2.45, 2.75) is 50.7 Å². The van der Waals surface area contributed by atoms with Crippen LogP contribution >= 0.6 is 0 Å². The summed E-state index contributed by atoms with van der Waals surface area (Å²) < 4.78 is 19.8. The van der Waals surface area contributed by atoms with Gasteiger partial charge in [0.1, 0.15) is 17.0 Å². The minimum Gasteiger partial charge on any atom is -0.383 e. The molecule has 2 aliphatic carbocycles. The minimum absolute atomic E-state index is 0.151. The van der Waals surface area contributed by atoms with Crippen molar-refractivity contribution in [2.24, 2.45) is 11.8 Å². The smallest absolute Gasteiger partial charge is 0.224 e. The average molecular weight is 428 g/mol. The summed E-state index contributed by atoms with van der Waals surface area (Å²) >= 11 is 0. The van der Waals surface area contributed by atoms with Crippen molar-refractivity contribution >= 4 is 29.2 Å². The van der Waals surface area contributed by atoms with Crippen LogP contribution in [0.15, 0.2) is 6.08 Å². The Hall–Kier alpha value is -2.32. The Balaban J connectivity index is 1.29. The molecule has 4 aliphatic rings. The molecule has 3 heterocycles. The normalized spacial score (nSPS) is 29.9. The molecule has 2 aliphatic heterocycles. The molecule has 0 bridgehead atoms. The van der Waals surface area contributed by atoms with Gasteiger partial charge >= 0.3 is 0 Å². The third-order valence-electron chi connectivity index (χ3n) is 7.39. The molecule has 2 fully saturated rings. The number of ether oxygens (including phenoxy) is 1. The van der Waals surface area contributed by atoms with Gasteiger partial charge in [-0.05, 0) is 49.3 Å². The second-order valence-electron chi connectivity index (χ2n) is 9.14. The van der Waals surface area contributed by atoms with Crippen LogP contribution < -0.4 is 21.6 Å². The number of nitrogens with one attached hydrogen (secondary N) is 1. The first-order chi connectivity index (χ1) is 15.0. The van der Waals surface area contributed by atoms with Crippen LogP contribution in [0.1, 0.15) is 44.3 Å². The molecule has 5 rings (SSSR count). The number of rotatable bonds is 4. The summed E-state index contributed by atoms with van der Waals surface area (Å²) in [4.78, 5) is 23.7. The quantitative estimate of drug-likeness (QED) is 0.736. The number of methoxy groups -OCH3 is 1. The third-order valence-corrected chi connectivity index (χ3v) is 7.39. The summed E-state index contributed by atoms with van der Waals surface area (Å²) in [6.45, 7) is 2.20. The molecule has 0 spiro atoms. The molecular formula is C23H30FN5O2. The predicted molar refractivity (Wildman–Crippen MR) is 117 cm³/mol. The van der Waals surface area contributed by atoms with Crippen molar-refractivity contribution in [2.75, 3.05) is 32.5 Å². The van der Waals surface area contributed by atoms with Crippen LogP contribution in [-0.2, 0) is 9.53 Å². The Morgan fingerprint density at radius 2 is 2.26 bits per heavy atom. The van der Waals surface area contributed by atoms with E-state index in [0.717, 1.165) is 18.0 Å². The average Bonchev–Trinajstić information content (AvgIpc) is 3.39. The maximum Gasteiger partial charge on any atom is 0.224 e. The van der Waals surface area contributed by atoms with Crippen molar-refractivity contribution < 1.29 is 13.9 Å². The standard InChI is InChI=1S/C23H30FN5O2/c1-31-15-9-17-21(18(24)10-15)27-23(28-22(17)25)13-5-7-29(8-6-13)20(30)11-19-16-4-2-3-14(16)12-26-19/h5,9,14-16,19,26H,2-4,6-8,10-12H2,1H3,(H2,25,27,28). The number of fused-ring (bicyclic) bond motifs is 2. The number of nitrogens with zero attached hydrogens (tertiary/aromatic N) is 3. The van der Waals surface area contributed by atoms with E-state index in [1.807, 2.05) is 11.0 Å². The molecule has 1 amide bonds. The largest absolute Gasteiger partial charge is 0.383 e. The van der Waals surface area contributed by atoms with Crippen molar-refractivity contribution in [3.8, 4) is 0 Å². The highest BCUT2D eigenvalue weighted by atomic mass is 19.1. The molecule has 166 valence electrons.